The summed E-state index contributed by atoms with van der Waals surface area (Å²) in [4.78, 5) is 16.3. The summed E-state index contributed by atoms with van der Waals surface area (Å²) in [6, 6.07) is 3.56. The van der Waals surface area contributed by atoms with Crippen LogP contribution in [0.25, 0.3) is 0 Å². The van der Waals surface area contributed by atoms with Gasteiger partial charge >= 0.3 is 0 Å². The van der Waals surface area contributed by atoms with E-state index in [1.54, 1.807) is 18.3 Å². The van der Waals surface area contributed by atoms with Crippen LogP contribution in [0, 0.1) is 17.8 Å². The van der Waals surface area contributed by atoms with Crippen LogP contribution < -0.4 is 5.32 Å². The van der Waals surface area contributed by atoms with Crippen LogP contribution in [0.15, 0.2) is 18.3 Å². The summed E-state index contributed by atoms with van der Waals surface area (Å²) in [6.45, 7) is 6.16. The van der Waals surface area contributed by atoms with E-state index in [9.17, 15) is 4.79 Å². The third-order valence-corrected chi connectivity index (χ3v) is 3.12. The van der Waals surface area contributed by atoms with Crippen molar-refractivity contribution in [1.82, 2.24) is 10.3 Å². The topological polar surface area (TPSA) is 62.2 Å². The number of hydrogen-bond acceptors (Lipinski definition) is 3. The molecule has 1 unspecified atom stereocenters. The van der Waals surface area contributed by atoms with E-state index in [0.717, 1.165) is 19.3 Å². The van der Waals surface area contributed by atoms with Crippen LogP contribution in [-0.4, -0.2) is 28.6 Å². The number of carbonyl (C=O) groups excluding carboxylic acids is 1. The minimum atomic E-state index is -0.235. The molecule has 0 aliphatic carbocycles. The van der Waals surface area contributed by atoms with E-state index in [-0.39, 0.29) is 18.6 Å². The number of nitrogens with zero attached hydrogens (tertiary/aromatic N) is 1. The van der Waals surface area contributed by atoms with Crippen molar-refractivity contribution in [2.45, 2.75) is 46.1 Å². The van der Waals surface area contributed by atoms with Crippen molar-refractivity contribution in [3.05, 3.63) is 29.6 Å². The average Bonchev–Trinajstić information content (AvgIpc) is 2.44. The molecule has 0 aliphatic heterocycles. The standard InChI is InChI=1S/C17H24N2O2/c1-13(2)7-4-8-14(3)19-17(21)16-15(10-6-12-20)9-5-11-18-16/h5,9,11,13-14,20H,4,7-8,12H2,1-3H3,(H,19,21). The Kier molecular flexibility index (Phi) is 7.49. The van der Waals surface area contributed by atoms with Crippen molar-refractivity contribution in [1.29, 1.82) is 0 Å². The summed E-state index contributed by atoms with van der Waals surface area (Å²) in [5.41, 5.74) is 0.854. The van der Waals surface area contributed by atoms with E-state index in [4.69, 9.17) is 5.11 Å². The monoisotopic (exact) mass is 288 g/mol. The van der Waals surface area contributed by atoms with Crippen molar-refractivity contribution >= 4 is 5.91 Å². The van der Waals surface area contributed by atoms with Gasteiger partial charge in [-0.05, 0) is 31.4 Å². The van der Waals surface area contributed by atoms with E-state index in [1.807, 2.05) is 6.92 Å². The SMILES string of the molecule is CC(C)CCCC(C)NC(=O)c1ncccc1C#CCO. The van der Waals surface area contributed by atoms with Crippen molar-refractivity contribution in [2.24, 2.45) is 5.92 Å². The van der Waals surface area contributed by atoms with Gasteiger partial charge in [-0.15, -0.1) is 0 Å². The number of pyridine rings is 1. The first-order valence-corrected chi connectivity index (χ1v) is 7.40. The summed E-state index contributed by atoms with van der Waals surface area (Å²) < 4.78 is 0. The predicted octanol–water partition coefficient (Wildman–Crippen LogP) is 2.37. The molecule has 4 heteroatoms. The normalized spacial score (nSPS) is 11.7. The van der Waals surface area contributed by atoms with Crippen LogP contribution in [0.3, 0.4) is 0 Å². The van der Waals surface area contributed by atoms with Gasteiger partial charge in [0.1, 0.15) is 12.3 Å². The van der Waals surface area contributed by atoms with Gasteiger partial charge in [0.25, 0.3) is 5.91 Å². The zero-order valence-corrected chi connectivity index (χ0v) is 13.0. The highest BCUT2D eigenvalue weighted by molar-refractivity contribution is 5.94. The molecule has 1 aromatic rings. The third kappa shape index (κ3) is 6.42. The Hall–Kier alpha value is -1.86. The lowest BCUT2D eigenvalue weighted by Gasteiger charge is -2.14. The Morgan fingerprint density at radius 3 is 2.81 bits per heavy atom. The Labute approximate surface area is 127 Å². The molecule has 1 rings (SSSR count). The molecule has 0 fully saturated rings. The van der Waals surface area contributed by atoms with Gasteiger partial charge in [-0.2, -0.15) is 0 Å². The summed E-state index contributed by atoms with van der Waals surface area (Å²) in [6.07, 6.45) is 4.78. The number of rotatable bonds is 6. The number of amides is 1. The lowest BCUT2D eigenvalue weighted by molar-refractivity contribution is 0.0932. The maximum Gasteiger partial charge on any atom is 0.271 e. The molecule has 21 heavy (non-hydrogen) atoms. The van der Waals surface area contributed by atoms with Gasteiger partial charge < -0.3 is 10.4 Å². The molecular weight excluding hydrogens is 264 g/mol. The summed E-state index contributed by atoms with van der Waals surface area (Å²) in [5, 5.41) is 11.7. The Morgan fingerprint density at radius 2 is 2.14 bits per heavy atom. The number of aliphatic hydroxyl groups is 1. The highest BCUT2D eigenvalue weighted by Gasteiger charge is 2.14. The highest BCUT2D eigenvalue weighted by atomic mass is 16.2. The molecule has 0 saturated carbocycles. The smallest absolute Gasteiger partial charge is 0.271 e. The van der Waals surface area contributed by atoms with Gasteiger partial charge in [0, 0.05) is 12.2 Å². The Morgan fingerprint density at radius 1 is 1.38 bits per heavy atom. The van der Waals surface area contributed by atoms with Crippen molar-refractivity contribution in [3.8, 4) is 11.8 Å². The van der Waals surface area contributed by atoms with Crippen LogP contribution in [0.4, 0.5) is 0 Å². The van der Waals surface area contributed by atoms with Crippen molar-refractivity contribution in [3.63, 3.8) is 0 Å². The maximum atomic E-state index is 12.2. The first-order chi connectivity index (χ1) is 10.0. The Bertz CT molecular complexity index is 515. The number of carbonyl (C=O) groups is 1. The predicted molar refractivity (Wildman–Crippen MR) is 83.8 cm³/mol. The zero-order valence-electron chi connectivity index (χ0n) is 13.0. The molecule has 1 aromatic heterocycles. The lowest BCUT2D eigenvalue weighted by Crippen LogP contribution is -2.33. The molecule has 1 heterocycles. The molecule has 1 atom stereocenters. The van der Waals surface area contributed by atoms with E-state index in [1.165, 1.54) is 0 Å². The molecule has 0 saturated heterocycles. The molecular formula is C17H24N2O2. The molecule has 0 aliphatic rings. The van der Waals surface area contributed by atoms with Gasteiger partial charge in [-0.3, -0.25) is 4.79 Å². The second-order valence-corrected chi connectivity index (χ2v) is 5.56. The molecule has 0 aromatic carbocycles. The minimum Gasteiger partial charge on any atom is -0.384 e. The van der Waals surface area contributed by atoms with Crippen LogP contribution in [-0.2, 0) is 0 Å². The average molecular weight is 288 g/mol. The fourth-order valence-electron chi connectivity index (χ4n) is 2.02. The quantitative estimate of drug-likeness (QED) is 0.790. The van der Waals surface area contributed by atoms with Crippen LogP contribution in [0.2, 0.25) is 0 Å². The van der Waals surface area contributed by atoms with Gasteiger partial charge in [0.15, 0.2) is 0 Å². The van der Waals surface area contributed by atoms with E-state index < -0.39 is 0 Å². The van der Waals surface area contributed by atoms with Gasteiger partial charge in [-0.1, -0.05) is 38.5 Å². The largest absolute Gasteiger partial charge is 0.384 e. The minimum absolute atomic E-state index is 0.108. The Balaban J connectivity index is 2.63. The molecule has 0 spiro atoms. The summed E-state index contributed by atoms with van der Waals surface area (Å²) >= 11 is 0. The first kappa shape index (κ1) is 17.2. The second-order valence-electron chi connectivity index (χ2n) is 5.56. The fourth-order valence-corrected chi connectivity index (χ4v) is 2.02. The number of aromatic nitrogens is 1. The van der Waals surface area contributed by atoms with Crippen molar-refractivity contribution in [2.75, 3.05) is 6.61 Å². The third-order valence-electron chi connectivity index (χ3n) is 3.12. The fraction of sp³-hybridized carbons (Fsp3) is 0.529. The van der Waals surface area contributed by atoms with Gasteiger partial charge in [-0.25, -0.2) is 4.98 Å². The number of nitrogens with one attached hydrogen (secondary N) is 1. The number of aliphatic hydroxyl groups excluding tert-OH is 1. The highest BCUT2D eigenvalue weighted by Crippen LogP contribution is 2.09. The lowest BCUT2D eigenvalue weighted by atomic mass is 10.0. The van der Waals surface area contributed by atoms with Gasteiger partial charge in [0.2, 0.25) is 0 Å². The molecule has 0 bridgehead atoms. The molecule has 114 valence electrons. The van der Waals surface area contributed by atoms with E-state index in [0.29, 0.717) is 17.2 Å². The van der Waals surface area contributed by atoms with Crippen LogP contribution >= 0.6 is 0 Å². The zero-order chi connectivity index (χ0) is 15.7. The summed E-state index contributed by atoms with van der Waals surface area (Å²) in [7, 11) is 0. The first-order valence-electron chi connectivity index (χ1n) is 7.40. The summed E-state index contributed by atoms with van der Waals surface area (Å²) in [5.74, 6) is 5.77. The second kappa shape index (κ2) is 9.15. The van der Waals surface area contributed by atoms with Gasteiger partial charge in [0.05, 0.1) is 5.56 Å². The molecule has 0 radical (unpaired) electrons. The van der Waals surface area contributed by atoms with Crippen LogP contribution in [0.5, 0.6) is 0 Å². The molecule has 1 amide bonds. The van der Waals surface area contributed by atoms with Crippen molar-refractivity contribution < 1.29 is 9.90 Å². The van der Waals surface area contributed by atoms with E-state index in [2.05, 4.69) is 36.0 Å². The molecule has 2 N–H and O–H groups in total. The maximum absolute atomic E-state index is 12.2. The molecule has 4 nitrogen and oxygen atoms in total. The van der Waals surface area contributed by atoms with E-state index >= 15 is 0 Å². The van der Waals surface area contributed by atoms with Crippen LogP contribution in [0.1, 0.15) is 56.1 Å². The number of hydrogen-bond donors (Lipinski definition) is 2.